The Morgan fingerprint density at radius 2 is 1.61 bits per heavy atom. The summed E-state index contributed by atoms with van der Waals surface area (Å²) in [5, 5.41) is 0.446. The first-order valence-corrected chi connectivity index (χ1v) is 10.5. The number of carbonyl (C=O) groups is 1. The normalized spacial score (nSPS) is 11.1. The zero-order chi connectivity index (χ0) is 22.3. The molecule has 0 atom stereocenters. The first kappa shape index (κ1) is 20.9. The lowest BCUT2D eigenvalue weighted by Gasteiger charge is -2.11. The number of hydrogen-bond donors (Lipinski definition) is 0. The van der Waals surface area contributed by atoms with Gasteiger partial charge in [0.25, 0.3) is 5.56 Å². The molecular weight excluding hydrogens is 462 g/mol. The van der Waals surface area contributed by atoms with Gasteiger partial charge in [0, 0.05) is 30.5 Å². The molecule has 0 radical (unpaired) electrons. The predicted octanol–water partition coefficient (Wildman–Crippen LogP) is 3.63. The Balaban J connectivity index is 2.02. The third-order valence-corrected chi connectivity index (χ3v) is 5.74. The molecule has 4 rings (SSSR count). The Morgan fingerprint density at radius 3 is 2.23 bits per heavy atom. The van der Waals surface area contributed by atoms with E-state index in [-0.39, 0.29) is 5.56 Å². The van der Waals surface area contributed by atoms with Crippen molar-refractivity contribution >= 4 is 32.8 Å². The Hall–Kier alpha value is -3.39. The van der Waals surface area contributed by atoms with Gasteiger partial charge in [0.15, 0.2) is 0 Å². The van der Waals surface area contributed by atoms with Crippen molar-refractivity contribution < 1.29 is 9.53 Å². The zero-order valence-electron chi connectivity index (χ0n) is 17.3. The number of rotatable bonds is 4. The van der Waals surface area contributed by atoms with E-state index in [0.29, 0.717) is 28.8 Å². The molecule has 0 fully saturated rings. The van der Waals surface area contributed by atoms with E-state index in [0.717, 1.165) is 20.3 Å². The van der Waals surface area contributed by atoms with Crippen LogP contribution >= 0.6 is 15.9 Å². The summed E-state index contributed by atoms with van der Waals surface area (Å²) >= 11 is 3.44. The van der Waals surface area contributed by atoms with Crippen LogP contribution in [0.2, 0.25) is 0 Å². The van der Waals surface area contributed by atoms with Crippen LogP contribution < -0.4 is 11.2 Å². The number of hydrogen-bond acceptors (Lipinski definition) is 4. The van der Waals surface area contributed by atoms with Gasteiger partial charge < -0.3 is 9.30 Å². The highest BCUT2D eigenvalue weighted by molar-refractivity contribution is 9.10. The standard InChI is InChI=1S/C23H20BrN3O4/c1-4-31-22(29)15-7-11-17(12-8-15)27-13-18-19(21(28)26(3)23(30)25(18)2)20(27)14-5-9-16(24)10-6-14/h5-13H,4H2,1-3H3. The summed E-state index contributed by atoms with van der Waals surface area (Å²) in [7, 11) is 3.12. The summed E-state index contributed by atoms with van der Waals surface area (Å²) < 4.78 is 10.4. The van der Waals surface area contributed by atoms with Crippen molar-refractivity contribution in [2.45, 2.75) is 6.92 Å². The van der Waals surface area contributed by atoms with Crippen molar-refractivity contribution in [3.05, 3.63) is 85.6 Å². The number of nitrogens with zero attached hydrogens (tertiary/aromatic N) is 3. The number of halogens is 1. The van der Waals surface area contributed by atoms with Crippen molar-refractivity contribution in [2.75, 3.05) is 6.61 Å². The lowest BCUT2D eigenvalue weighted by Crippen LogP contribution is -2.36. The predicted molar refractivity (Wildman–Crippen MR) is 123 cm³/mol. The van der Waals surface area contributed by atoms with E-state index in [1.165, 1.54) is 11.6 Å². The van der Waals surface area contributed by atoms with E-state index in [1.807, 2.05) is 28.8 Å². The first-order chi connectivity index (χ1) is 14.8. The van der Waals surface area contributed by atoms with Crippen molar-refractivity contribution in [1.82, 2.24) is 13.7 Å². The highest BCUT2D eigenvalue weighted by Crippen LogP contribution is 2.31. The molecule has 2 heterocycles. The van der Waals surface area contributed by atoms with Crippen LogP contribution in [0.4, 0.5) is 0 Å². The van der Waals surface area contributed by atoms with Gasteiger partial charge in [-0.15, -0.1) is 0 Å². The van der Waals surface area contributed by atoms with Gasteiger partial charge in [0.05, 0.1) is 28.8 Å². The summed E-state index contributed by atoms with van der Waals surface area (Å²) in [6.45, 7) is 2.06. The number of fused-ring (bicyclic) bond motifs is 1. The summed E-state index contributed by atoms with van der Waals surface area (Å²) in [5.41, 5.74) is 2.45. The van der Waals surface area contributed by atoms with Crippen molar-refractivity contribution in [3.63, 3.8) is 0 Å². The molecule has 0 saturated carbocycles. The Kier molecular flexibility index (Phi) is 5.41. The molecule has 0 spiro atoms. The molecular formula is C23H20BrN3O4. The van der Waals surface area contributed by atoms with Gasteiger partial charge in [-0.3, -0.25) is 13.9 Å². The van der Waals surface area contributed by atoms with E-state index in [9.17, 15) is 14.4 Å². The van der Waals surface area contributed by atoms with Crippen LogP contribution in [-0.4, -0.2) is 26.3 Å². The molecule has 4 aromatic rings. The Bertz CT molecular complexity index is 1410. The lowest BCUT2D eigenvalue weighted by molar-refractivity contribution is 0.0526. The SMILES string of the molecule is CCOC(=O)c1ccc(-n2cc3c(c2-c2ccc(Br)cc2)c(=O)n(C)c(=O)n3C)cc1. The second-order valence-corrected chi connectivity index (χ2v) is 8.00. The molecule has 0 N–H and O–H groups in total. The second kappa shape index (κ2) is 8.03. The third kappa shape index (κ3) is 3.53. The van der Waals surface area contributed by atoms with Crippen molar-refractivity contribution in [2.24, 2.45) is 14.1 Å². The highest BCUT2D eigenvalue weighted by Gasteiger charge is 2.20. The fraction of sp³-hybridized carbons (Fsp3) is 0.174. The van der Waals surface area contributed by atoms with Gasteiger partial charge in [-0.1, -0.05) is 28.1 Å². The summed E-state index contributed by atoms with van der Waals surface area (Å²) in [6, 6.07) is 14.6. The molecule has 0 unspecified atom stereocenters. The van der Waals surface area contributed by atoms with Gasteiger partial charge in [0.1, 0.15) is 0 Å². The van der Waals surface area contributed by atoms with Gasteiger partial charge in [-0.05, 0) is 48.9 Å². The second-order valence-electron chi connectivity index (χ2n) is 7.09. The number of esters is 1. The molecule has 0 amide bonds. The maximum absolute atomic E-state index is 13.1. The van der Waals surface area contributed by atoms with Crippen LogP contribution in [-0.2, 0) is 18.8 Å². The molecule has 158 valence electrons. The highest BCUT2D eigenvalue weighted by atomic mass is 79.9. The average Bonchev–Trinajstić information content (AvgIpc) is 3.18. The van der Waals surface area contributed by atoms with Crippen LogP contribution in [0.25, 0.3) is 27.8 Å². The first-order valence-electron chi connectivity index (χ1n) is 9.68. The Morgan fingerprint density at radius 1 is 0.968 bits per heavy atom. The number of ether oxygens (including phenoxy) is 1. The van der Waals surface area contributed by atoms with E-state index >= 15 is 0 Å². The molecule has 0 aliphatic rings. The Labute approximate surface area is 186 Å². The molecule has 0 saturated heterocycles. The molecule has 31 heavy (non-hydrogen) atoms. The van der Waals surface area contributed by atoms with Crippen LogP contribution in [0, 0.1) is 0 Å². The summed E-state index contributed by atoms with van der Waals surface area (Å²) in [5.74, 6) is -0.392. The third-order valence-electron chi connectivity index (χ3n) is 5.21. The minimum atomic E-state index is -0.394. The number of aryl methyl sites for hydroxylation is 1. The van der Waals surface area contributed by atoms with Gasteiger partial charge in [-0.25, -0.2) is 9.59 Å². The summed E-state index contributed by atoms with van der Waals surface area (Å²) in [4.78, 5) is 37.6. The molecule has 0 aliphatic heterocycles. The molecule has 0 bridgehead atoms. The number of aromatic nitrogens is 3. The van der Waals surface area contributed by atoms with Crippen LogP contribution in [0.3, 0.4) is 0 Å². The largest absolute Gasteiger partial charge is 0.462 e. The van der Waals surface area contributed by atoms with E-state index in [4.69, 9.17) is 4.74 Å². The van der Waals surface area contributed by atoms with Gasteiger partial charge in [0.2, 0.25) is 0 Å². The van der Waals surface area contributed by atoms with Gasteiger partial charge >= 0.3 is 11.7 Å². The van der Waals surface area contributed by atoms with E-state index < -0.39 is 11.7 Å². The topological polar surface area (TPSA) is 75.2 Å². The van der Waals surface area contributed by atoms with Crippen LogP contribution in [0.1, 0.15) is 17.3 Å². The summed E-state index contributed by atoms with van der Waals surface area (Å²) in [6.07, 6.45) is 1.77. The van der Waals surface area contributed by atoms with Crippen LogP contribution in [0.5, 0.6) is 0 Å². The zero-order valence-corrected chi connectivity index (χ0v) is 18.8. The minimum Gasteiger partial charge on any atom is -0.462 e. The fourth-order valence-electron chi connectivity index (χ4n) is 3.61. The number of benzene rings is 2. The molecule has 0 aliphatic carbocycles. The van der Waals surface area contributed by atoms with Crippen molar-refractivity contribution in [3.8, 4) is 16.9 Å². The van der Waals surface area contributed by atoms with Gasteiger partial charge in [-0.2, -0.15) is 0 Å². The molecule has 8 heteroatoms. The lowest BCUT2D eigenvalue weighted by atomic mass is 10.1. The van der Waals surface area contributed by atoms with Crippen LogP contribution in [0.15, 0.2) is 68.8 Å². The number of carbonyl (C=O) groups excluding carboxylic acids is 1. The molecule has 2 aromatic heterocycles. The molecule has 2 aromatic carbocycles. The maximum Gasteiger partial charge on any atom is 0.338 e. The minimum absolute atomic E-state index is 0.300. The fourth-order valence-corrected chi connectivity index (χ4v) is 3.87. The van der Waals surface area contributed by atoms with E-state index in [1.54, 1.807) is 44.4 Å². The van der Waals surface area contributed by atoms with E-state index in [2.05, 4.69) is 15.9 Å². The smallest absolute Gasteiger partial charge is 0.338 e. The monoisotopic (exact) mass is 481 g/mol. The quantitative estimate of drug-likeness (QED) is 0.417. The molecule has 7 nitrogen and oxygen atoms in total. The average molecular weight is 482 g/mol. The van der Waals surface area contributed by atoms with Crippen molar-refractivity contribution in [1.29, 1.82) is 0 Å². The maximum atomic E-state index is 13.1.